The molecule has 1 unspecified atom stereocenters. The molecule has 0 heterocycles. The third-order valence-electron chi connectivity index (χ3n) is 3.34. The van der Waals surface area contributed by atoms with Crippen molar-refractivity contribution in [3.05, 3.63) is 47.5 Å². The standard InChI is InChI=1S/C18H22ClN3O3/c1-12(25-17-7-5-4-6-16(17)24-3)11-21-18(20)22-13-8-9-15(23-2)14(19)10-13/h4-10,12H,11H2,1-3H3,(H3,20,21,22). The van der Waals surface area contributed by atoms with Gasteiger partial charge in [-0.2, -0.15) is 0 Å². The van der Waals surface area contributed by atoms with Gasteiger partial charge in [-0.05, 0) is 37.3 Å². The van der Waals surface area contributed by atoms with Gasteiger partial charge >= 0.3 is 0 Å². The zero-order chi connectivity index (χ0) is 18.2. The van der Waals surface area contributed by atoms with Crippen molar-refractivity contribution in [3.63, 3.8) is 0 Å². The lowest BCUT2D eigenvalue weighted by molar-refractivity contribution is 0.219. The average molecular weight is 364 g/mol. The summed E-state index contributed by atoms with van der Waals surface area (Å²) in [7, 11) is 3.17. The van der Waals surface area contributed by atoms with Gasteiger partial charge in [0.2, 0.25) is 0 Å². The fourth-order valence-corrected chi connectivity index (χ4v) is 2.39. The van der Waals surface area contributed by atoms with Crippen molar-refractivity contribution < 1.29 is 14.2 Å². The molecule has 1 atom stereocenters. The van der Waals surface area contributed by atoms with E-state index < -0.39 is 0 Å². The van der Waals surface area contributed by atoms with E-state index in [9.17, 15) is 0 Å². The topological polar surface area (TPSA) is 78.1 Å². The van der Waals surface area contributed by atoms with Crippen molar-refractivity contribution in [2.24, 2.45) is 10.7 Å². The number of guanidine groups is 1. The van der Waals surface area contributed by atoms with E-state index in [1.165, 1.54) is 0 Å². The molecular weight excluding hydrogens is 342 g/mol. The van der Waals surface area contributed by atoms with Gasteiger partial charge in [-0.1, -0.05) is 23.7 Å². The van der Waals surface area contributed by atoms with Crippen LogP contribution in [-0.4, -0.2) is 32.8 Å². The molecule has 0 spiro atoms. The van der Waals surface area contributed by atoms with Crippen LogP contribution in [0.2, 0.25) is 5.02 Å². The number of rotatable bonds is 7. The Hall–Kier alpha value is -2.60. The normalized spacial score (nSPS) is 12.4. The Bertz CT molecular complexity index is 737. The zero-order valence-corrected chi connectivity index (χ0v) is 15.2. The van der Waals surface area contributed by atoms with E-state index in [-0.39, 0.29) is 12.1 Å². The number of nitrogens with two attached hydrogens (primary N) is 1. The summed E-state index contributed by atoms with van der Waals surface area (Å²) < 4.78 is 16.2. The fourth-order valence-electron chi connectivity index (χ4n) is 2.13. The summed E-state index contributed by atoms with van der Waals surface area (Å²) in [6.07, 6.45) is -0.170. The van der Waals surface area contributed by atoms with Crippen LogP contribution in [0.15, 0.2) is 47.5 Å². The van der Waals surface area contributed by atoms with Crippen molar-refractivity contribution in [1.29, 1.82) is 0 Å². The highest BCUT2D eigenvalue weighted by atomic mass is 35.5. The first-order valence-corrected chi connectivity index (χ1v) is 8.11. The molecule has 0 fully saturated rings. The Balaban J connectivity index is 1.92. The van der Waals surface area contributed by atoms with Crippen molar-refractivity contribution in [2.75, 3.05) is 26.1 Å². The quantitative estimate of drug-likeness (QED) is 0.581. The number of nitrogens with one attached hydrogen (secondary N) is 1. The van der Waals surface area contributed by atoms with E-state index in [2.05, 4.69) is 10.3 Å². The van der Waals surface area contributed by atoms with Crippen LogP contribution in [-0.2, 0) is 0 Å². The number of nitrogens with zero attached hydrogens (tertiary/aromatic N) is 1. The summed E-state index contributed by atoms with van der Waals surface area (Å²) in [4.78, 5) is 4.29. The lowest BCUT2D eigenvalue weighted by Crippen LogP contribution is -2.25. The molecule has 0 amide bonds. The zero-order valence-electron chi connectivity index (χ0n) is 14.5. The fraction of sp³-hybridized carbons (Fsp3) is 0.278. The Morgan fingerprint density at radius 1 is 1.12 bits per heavy atom. The average Bonchev–Trinajstić information content (AvgIpc) is 2.60. The molecule has 0 bridgehead atoms. The summed E-state index contributed by atoms with van der Waals surface area (Å²) in [6.45, 7) is 2.30. The lowest BCUT2D eigenvalue weighted by Gasteiger charge is -2.15. The van der Waals surface area contributed by atoms with Crippen molar-refractivity contribution >= 4 is 23.2 Å². The second kappa shape index (κ2) is 9.03. The molecule has 134 valence electrons. The Morgan fingerprint density at radius 3 is 2.44 bits per heavy atom. The van der Waals surface area contributed by atoms with Crippen LogP contribution in [0.4, 0.5) is 5.69 Å². The van der Waals surface area contributed by atoms with Crippen LogP contribution in [0.1, 0.15) is 6.92 Å². The molecule has 0 aliphatic heterocycles. The number of methoxy groups -OCH3 is 2. The molecule has 0 radical (unpaired) electrons. The largest absolute Gasteiger partial charge is 0.495 e. The monoisotopic (exact) mass is 363 g/mol. The van der Waals surface area contributed by atoms with E-state index in [1.807, 2.05) is 37.3 Å². The van der Waals surface area contributed by atoms with E-state index in [0.29, 0.717) is 28.8 Å². The number of hydrogen-bond acceptors (Lipinski definition) is 4. The second-order valence-corrected chi connectivity index (χ2v) is 5.69. The number of benzene rings is 2. The van der Waals surface area contributed by atoms with Gasteiger partial charge in [0.15, 0.2) is 17.5 Å². The van der Waals surface area contributed by atoms with Gasteiger partial charge in [-0.15, -0.1) is 0 Å². The van der Waals surface area contributed by atoms with Crippen molar-refractivity contribution in [1.82, 2.24) is 0 Å². The first kappa shape index (κ1) is 18.7. The highest BCUT2D eigenvalue weighted by molar-refractivity contribution is 6.32. The predicted octanol–water partition coefficient (Wildman–Crippen LogP) is 3.55. The molecular formula is C18H22ClN3O3. The maximum atomic E-state index is 6.08. The molecule has 6 nitrogen and oxygen atoms in total. The predicted molar refractivity (Wildman–Crippen MR) is 101 cm³/mol. The molecule has 2 aromatic carbocycles. The number of ether oxygens (including phenoxy) is 3. The third-order valence-corrected chi connectivity index (χ3v) is 3.64. The molecule has 0 aliphatic rings. The van der Waals surface area contributed by atoms with Gasteiger partial charge < -0.3 is 25.3 Å². The second-order valence-electron chi connectivity index (χ2n) is 5.28. The van der Waals surface area contributed by atoms with Gasteiger partial charge in [0.1, 0.15) is 11.9 Å². The maximum absolute atomic E-state index is 6.08. The van der Waals surface area contributed by atoms with E-state index in [0.717, 1.165) is 5.69 Å². The number of para-hydroxylation sites is 2. The van der Waals surface area contributed by atoms with E-state index in [4.69, 9.17) is 31.5 Å². The van der Waals surface area contributed by atoms with Crippen molar-refractivity contribution in [3.8, 4) is 17.2 Å². The minimum absolute atomic E-state index is 0.170. The van der Waals surface area contributed by atoms with Gasteiger partial charge in [0.25, 0.3) is 0 Å². The highest BCUT2D eigenvalue weighted by Gasteiger charge is 2.08. The summed E-state index contributed by atoms with van der Waals surface area (Å²) in [6, 6.07) is 12.7. The molecule has 0 saturated heterocycles. The molecule has 3 N–H and O–H groups in total. The first-order chi connectivity index (χ1) is 12.0. The first-order valence-electron chi connectivity index (χ1n) is 7.73. The summed E-state index contributed by atoms with van der Waals surface area (Å²) in [5, 5.41) is 3.48. The van der Waals surface area contributed by atoms with Crippen LogP contribution >= 0.6 is 11.6 Å². The van der Waals surface area contributed by atoms with Crippen LogP contribution in [0, 0.1) is 0 Å². The van der Waals surface area contributed by atoms with Gasteiger partial charge in [-0.25, -0.2) is 4.99 Å². The maximum Gasteiger partial charge on any atom is 0.193 e. The lowest BCUT2D eigenvalue weighted by atomic mass is 10.3. The molecule has 0 saturated carbocycles. The Morgan fingerprint density at radius 2 is 1.80 bits per heavy atom. The highest BCUT2D eigenvalue weighted by Crippen LogP contribution is 2.27. The summed E-state index contributed by atoms with van der Waals surface area (Å²) in [5.74, 6) is 2.22. The van der Waals surface area contributed by atoms with Crippen molar-refractivity contribution in [2.45, 2.75) is 13.0 Å². The molecule has 25 heavy (non-hydrogen) atoms. The molecule has 2 rings (SSSR count). The van der Waals surface area contributed by atoms with Crippen LogP contribution < -0.4 is 25.3 Å². The molecule has 7 heteroatoms. The smallest absolute Gasteiger partial charge is 0.193 e. The number of halogens is 1. The minimum Gasteiger partial charge on any atom is -0.495 e. The number of hydrogen-bond donors (Lipinski definition) is 2. The van der Waals surface area contributed by atoms with Crippen LogP contribution in [0.3, 0.4) is 0 Å². The Labute approximate surface area is 152 Å². The summed E-state index contributed by atoms with van der Waals surface area (Å²) in [5.41, 5.74) is 6.64. The SMILES string of the molecule is COc1ccc(NC(N)=NCC(C)Oc2ccccc2OC)cc1Cl. The minimum atomic E-state index is -0.170. The van der Waals surface area contributed by atoms with E-state index in [1.54, 1.807) is 26.4 Å². The molecule has 0 aliphatic carbocycles. The number of aliphatic imine (C=N–C) groups is 1. The van der Waals surface area contributed by atoms with Gasteiger partial charge in [-0.3, -0.25) is 0 Å². The Kier molecular flexibility index (Phi) is 6.77. The molecule has 0 aromatic heterocycles. The molecule has 2 aromatic rings. The van der Waals surface area contributed by atoms with Gasteiger partial charge in [0.05, 0.1) is 25.8 Å². The summed E-state index contributed by atoms with van der Waals surface area (Å²) >= 11 is 6.08. The third kappa shape index (κ3) is 5.46. The van der Waals surface area contributed by atoms with Crippen LogP contribution in [0.5, 0.6) is 17.2 Å². The van der Waals surface area contributed by atoms with Gasteiger partial charge in [0, 0.05) is 5.69 Å². The van der Waals surface area contributed by atoms with Crippen LogP contribution in [0.25, 0.3) is 0 Å². The number of anilines is 1. The van der Waals surface area contributed by atoms with E-state index >= 15 is 0 Å².